The SMILES string of the molecule is COc1ccc(CN(c2ncns2)S(=O)(=O)c2ccc(C(C)N3CCCC[C@@H]3c3ccccc3)c(Cl)c2)c(OC)c1. The van der Waals surface area contributed by atoms with E-state index in [0.29, 0.717) is 22.1 Å². The van der Waals surface area contributed by atoms with E-state index in [9.17, 15) is 8.42 Å². The lowest BCUT2D eigenvalue weighted by molar-refractivity contribution is 0.103. The number of hydrogen-bond donors (Lipinski definition) is 0. The molecule has 4 aromatic rings. The van der Waals surface area contributed by atoms with Gasteiger partial charge in [-0.25, -0.2) is 17.7 Å². The quantitative estimate of drug-likeness (QED) is 0.193. The number of nitrogens with zero attached hydrogens (tertiary/aromatic N) is 4. The summed E-state index contributed by atoms with van der Waals surface area (Å²) in [6.45, 7) is 3.08. The van der Waals surface area contributed by atoms with Gasteiger partial charge in [-0.15, -0.1) is 0 Å². The van der Waals surface area contributed by atoms with E-state index < -0.39 is 10.0 Å². The van der Waals surface area contributed by atoms with Crippen LogP contribution in [0.2, 0.25) is 5.02 Å². The summed E-state index contributed by atoms with van der Waals surface area (Å²) in [6, 6.07) is 21.1. The Bertz CT molecular complexity index is 1570. The molecule has 1 aromatic heterocycles. The first-order chi connectivity index (χ1) is 19.8. The molecule has 1 fully saturated rings. The zero-order chi connectivity index (χ0) is 29.0. The van der Waals surface area contributed by atoms with Gasteiger partial charge in [-0.1, -0.05) is 54.4 Å². The molecule has 0 spiro atoms. The molecule has 0 saturated carbocycles. The Morgan fingerprint density at radius 2 is 1.88 bits per heavy atom. The van der Waals surface area contributed by atoms with Crippen molar-refractivity contribution in [2.45, 2.75) is 49.7 Å². The second-order valence-electron chi connectivity index (χ2n) is 9.93. The molecule has 0 bridgehead atoms. The minimum Gasteiger partial charge on any atom is -0.497 e. The molecule has 5 rings (SSSR count). The van der Waals surface area contributed by atoms with Crippen molar-refractivity contribution in [3.63, 3.8) is 0 Å². The van der Waals surface area contributed by atoms with Gasteiger partial charge in [0.15, 0.2) is 0 Å². The number of rotatable bonds is 10. The standard InChI is InChI=1S/C30H33ClN4O4S2/c1-21(34-16-8-7-11-28(34)22-9-5-4-6-10-22)26-15-14-25(18-27(26)31)41(36,37)35(30-32-20-33-40-30)19-23-12-13-24(38-2)17-29(23)39-3/h4-6,9-10,12-15,17-18,20-21,28H,7-8,11,16,19H2,1-3H3/t21?,28-/m1/s1. The summed E-state index contributed by atoms with van der Waals surface area (Å²) in [5.74, 6) is 1.11. The van der Waals surface area contributed by atoms with E-state index in [2.05, 4.69) is 45.4 Å². The van der Waals surface area contributed by atoms with Crippen LogP contribution >= 0.6 is 23.1 Å². The number of ether oxygens (including phenoxy) is 2. The highest BCUT2D eigenvalue weighted by molar-refractivity contribution is 7.93. The average molecular weight is 613 g/mol. The Morgan fingerprint density at radius 3 is 2.56 bits per heavy atom. The van der Waals surface area contributed by atoms with Crippen LogP contribution in [-0.2, 0) is 16.6 Å². The number of hydrogen-bond acceptors (Lipinski definition) is 8. The van der Waals surface area contributed by atoms with Crippen LogP contribution in [0.15, 0.2) is 78.0 Å². The molecule has 0 aliphatic carbocycles. The number of likely N-dealkylation sites (tertiary alicyclic amines) is 1. The van der Waals surface area contributed by atoms with Gasteiger partial charge in [0.05, 0.1) is 25.7 Å². The monoisotopic (exact) mass is 612 g/mol. The predicted octanol–water partition coefficient (Wildman–Crippen LogP) is 6.89. The van der Waals surface area contributed by atoms with E-state index in [4.69, 9.17) is 21.1 Å². The van der Waals surface area contributed by atoms with Crippen molar-refractivity contribution in [3.8, 4) is 11.5 Å². The molecule has 2 heterocycles. The highest BCUT2D eigenvalue weighted by Gasteiger charge is 2.32. The fourth-order valence-corrected chi connectivity index (χ4v) is 7.99. The van der Waals surface area contributed by atoms with Crippen LogP contribution < -0.4 is 13.8 Å². The van der Waals surface area contributed by atoms with Crippen LogP contribution in [0.4, 0.5) is 5.13 Å². The molecule has 8 nitrogen and oxygen atoms in total. The molecule has 41 heavy (non-hydrogen) atoms. The van der Waals surface area contributed by atoms with Gasteiger partial charge in [-0.3, -0.25) is 4.90 Å². The Hall–Kier alpha value is -3.18. The maximum Gasteiger partial charge on any atom is 0.266 e. The van der Waals surface area contributed by atoms with Crippen LogP contribution in [0.3, 0.4) is 0 Å². The summed E-state index contributed by atoms with van der Waals surface area (Å²) < 4.78 is 44.2. The smallest absolute Gasteiger partial charge is 0.266 e. The molecule has 0 N–H and O–H groups in total. The number of methoxy groups -OCH3 is 2. The van der Waals surface area contributed by atoms with Crippen molar-refractivity contribution >= 4 is 38.3 Å². The molecule has 2 atom stereocenters. The van der Waals surface area contributed by atoms with Gasteiger partial charge < -0.3 is 9.47 Å². The Balaban J connectivity index is 1.46. The normalized spacial score (nSPS) is 16.7. The number of aromatic nitrogens is 2. The van der Waals surface area contributed by atoms with Crippen molar-refractivity contribution in [3.05, 3.63) is 94.8 Å². The van der Waals surface area contributed by atoms with E-state index >= 15 is 0 Å². The number of piperidine rings is 1. The summed E-state index contributed by atoms with van der Waals surface area (Å²) in [4.78, 5) is 6.76. The fourth-order valence-electron chi connectivity index (χ4n) is 5.43. The minimum atomic E-state index is -4.05. The minimum absolute atomic E-state index is 0.00694. The largest absolute Gasteiger partial charge is 0.497 e. The van der Waals surface area contributed by atoms with E-state index in [1.54, 1.807) is 37.4 Å². The number of benzene rings is 3. The third kappa shape index (κ3) is 6.21. The molecule has 1 unspecified atom stereocenters. The zero-order valence-electron chi connectivity index (χ0n) is 23.2. The molecule has 3 aromatic carbocycles. The molecule has 11 heteroatoms. The molecule has 1 saturated heterocycles. The van der Waals surface area contributed by atoms with Crippen molar-refractivity contribution in [1.82, 2.24) is 14.3 Å². The second-order valence-corrected chi connectivity index (χ2v) is 13.0. The first-order valence-electron chi connectivity index (χ1n) is 13.4. The Morgan fingerprint density at radius 1 is 1.07 bits per heavy atom. The summed E-state index contributed by atoms with van der Waals surface area (Å²) >= 11 is 7.85. The summed E-state index contributed by atoms with van der Waals surface area (Å²) in [7, 11) is -0.953. The van der Waals surface area contributed by atoms with E-state index in [-0.39, 0.29) is 28.7 Å². The maximum absolute atomic E-state index is 14.1. The first-order valence-corrected chi connectivity index (χ1v) is 16.0. The summed E-state index contributed by atoms with van der Waals surface area (Å²) in [6.07, 6.45) is 4.70. The van der Waals surface area contributed by atoms with Crippen LogP contribution in [0, 0.1) is 0 Å². The van der Waals surface area contributed by atoms with E-state index in [1.165, 1.54) is 29.7 Å². The molecule has 1 aliphatic heterocycles. The second kappa shape index (κ2) is 12.8. The van der Waals surface area contributed by atoms with Crippen molar-refractivity contribution in [1.29, 1.82) is 0 Å². The molecular weight excluding hydrogens is 580 g/mol. The van der Waals surface area contributed by atoms with Crippen molar-refractivity contribution in [2.75, 3.05) is 25.1 Å². The third-order valence-corrected chi connectivity index (χ3v) is 10.5. The van der Waals surface area contributed by atoms with Gasteiger partial charge in [-0.2, -0.15) is 4.37 Å². The van der Waals surface area contributed by atoms with Gasteiger partial charge in [0.1, 0.15) is 17.8 Å². The van der Waals surface area contributed by atoms with Gasteiger partial charge >= 0.3 is 0 Å². The Kier molecular flexibility index (Phi) is 9.13. The lowest BCUT2D eigenvalue weighted by Gasteiger charge is -2.40. The highest BCUT2D eigenvalue weighted by Crippen LogP contribution is 2.40. The Labute approximate surface area is 250 Å². The average Bonchev–Trinajstić information content (AvgIpc) is 3.54. The first kappa shape index (κ1) is 29.3. The van der Waals surface area contributed by atoms with Crippen LogP contribution in [-0.4, -0.2) is 43.4 Å². The third-order valence-electron chi connectivity index (χ3n) is 7.61. The molecular formula is C30H33ClN4O4S2. The number of anilines is 1. The van der Waals surface area contributed by atoms with Crippen molar-refractivity contribution in [2.24, 2.45) is 0 Å². The van der Waals surface area contributed by atoms with Crippen LogP contribution in [0.1, 0.15) is 55.0 Å². The van der Waals surface area contributed by atoms with Crippen LogP contribution in [0.5, 0.6) is 11.5 Å². The fraction of sp³-hybridized carbons (Fsp3) is 0.333. The lowest BCUT2D eigenvalue weighted by Crippen LogP contribution is -2.35. The van der Waals surface area contributed by atoms with E-state index in [0.717, 1.165) is 36.5 Å². The molecule has 0 radical (unpaired) electrons. The molecule has 216 valence electrons. The highest BCUT2D eigenvalue weighted by atomic mass is 35.5. The van der Waals surface area contributed by atoms with Crippen molar-refractivity contribution < 1.29 is 17.9 Å². The zero-order valence-corrected chi connectivity index (χ0v) is 25.6. The van der Waals surface area contributed by atoms with Gasteiger partial charge in [0, 0.05) is 40.3 Å². The predicted molar refractivity (Wildman–Crippen MR) is 162 cm³/mol. The van der Waals surface area contributed by atoms with Gasteiger partial charge in [0.25, 0.3) is 10.0 Å². The summed E-state index contributed by atoms with van der Waals surface area (Å²) in [5, 5.41) is 0.658. The van der Waals surface area contributed by atoms with Gasteiger partial charge in [-0.05, 0) is 61.7 Å². The number of sulfonamides is 1. The number of halogens is 1. The molecule has 1 aliphatic rings. The van der Waals surface area contributed by atoms with E-state index in [1.807, 2.05) is 12.1 Å². The summed E-state index contributed by atoms with van der Waals surface area (Å²) in [5.41, 5.74) is 2.84. The topological polar surface area (TPSA) is 84.9 Å². The van der Waals surface area contributed by atoms with Gasteiger partial charge in [0.2, 0.25) is 5.13 Å². The van der Waals surface area contributed by atoms with Crippen LogP contribution in [0.25, 0.3) is 0 Å². The molecule has 0 amide bonds. The maximum atomic E-state index is 14.1. The lowest BCUT2D eigenvalue weighted by atomic mass is 9.92.